The molecule has 54 heavy (non-hydrogen) atoms. The number of aliphatic carboxylic acids is 1. The highest BCUT2D eigenvalue weighted by Gasteiger charge is 2.23. The van der Waals surface area contributed by atoms with Crippen molar-refractivity contribution in [2.24, 2.45) is 0 Å². The van der Waals surface area contributed by atoms with Crippen LogP contribution in [0.3, 0.4) is 0 Å². The molecule has 2 amide bonds. The monoisotopic (exact) mass is 754 g/mol. The van der Waals surface area contributed by atoms with Gasteiger partial charge in [-0.1, -0.05) is 51.1 Å². The molecule has 0 aliphatic carbocycles. The standard InChI is InChI=1S/C40H42N4O9S/c1-40(2,3)25-21-32(38(52-5)33(22-25)44-54(6,49)50)43-39(48)42-31-13-15-35(29-10-8-7-9-28(29)31)53-27-17-18-41-26(23-27)19-24-11-12-30(36(20-24)51-4)34(45)14-16-37(46)47/h7-13,15,17-18,20-23,44H,14,16,19H2,1-6H3,(H,46,47)(H2,42,43,48). The van der Waals surface area contributed by atoms with Crippen LogP contribution in [0.4, 0.5) is 21.9 Å². The van der Waals surface area contributed by atoms with Crippen molar-refractivity contribution >= 4 is 55.6 Å². The molecule has 4 aromatic carbocycles. The number of Topliss-reactive ketones (excluding diaryl/α,β-unsaturated/α-hetero) is 1. The van der Waals surface area contributed by atoms with Gasteiger partial charge in [-0.15, -0.1) is 0 Å². The van der Waals surface area contributed by atoms with Crippen molar-refractivity contribution in [1.82, 2.24) is 4.98 Å². The largest absolute Gasteiger partial charge is 0.496 e. The lowest BCUT2D eigenvalue weighted by molar-refractivity contribution is -0.136. The molecule has 0 spiro atoms. The van der Waals surface area contributed by atoms with Gasteiger partial charge in [0.15, 0.2) is 11.5 Å². The van der Waals surface area contributed by atoms with E-state index in [9.17, 15) is 22.8 Å². The first-order valence-corrected chi connectivity index (χ1v) is 18.8. The van der Waals surface area contributed by atoms with E-state index in [1.807, 2.05) is 45.0 Å². The molecule has 0 aliphatic rings. The maximum atomic E-state index is 13.5. The van der Waals surface area contributed by atoms with Gasteiger partial charge >= 0.3 is 12.0 Å². The summed E-state index contributed by atoms with van der Waals surface area (Å²) in [6.07, 6.45) is 2.70. The number of methoxy groups -OCH3 is 2. The van der Waals surface area contributed by atoms with E-state index in [4.69, 9.17) is 19.3 Å². The lowest BCUT2D eigenvalue weighted by Crippen LogP contribution is -2.22. The molecule has 0 saturated heterocycles. The number of nitrogens with one attached hydrogen (secondary N) is 3. The predicted octanol–water partition coefficient (Wildman–Crippen LogP) is 8.00. The fourth-order valence-electron chi connectivity index (χ4n) is 5.78. The number of amides is 2. The highest BCUT2D eigenvalue weighted by Crippen LogP contribution is 2.40. The van der Waals surface area contributed by atoms with Gasteiger partial charge in [0.1, 0.15) is 17.2 Å². The van der Waals surface area contributed by atoms with Crippen molar-refractivity contribution in [2.75, 3.05) is 35.8 Å². The van der Waals surface area contributed by atoms with Crippen molar-refractivity contribution in [3.05, 3.63) is 107 Å². The zero-order valence-electron chi connectivity index (χ0n) is 30.8. The summed E-state index contributed by atoms with van der Waals surface area (Å²) >= 11 is 0. The first-order chi connectivity index (χ1) is 25.5. The number of ether oxygens (including phenoxy) is 3. The van der Waals surface area contributed by atoms with Gasteiger partial charge in [-0.3, -0.25) is 19.3 Å². The number of fused-ring (bicyclic) bond motifs is 1. The Labute approximate surface area is 313 Å². The normalized spacial score (nSPS) is 11.4. The number of nitrogens with zero attached hydrogens (tertiary/aromatic N) is 1. The summed E-state index contributed by atoms with van der Waals surface area (Å²) in [6.45, 7) is 5.92. The molecule has 0 aliphatic heterocycles. The quantitative estimate of drug-likeness (QED) is 0.0811. The third kappa shape index (κ3) is 9.83. The fraction of sp³-hybridized carbons (Fsp3) is 0.250. The lowest BCUT2D eigenvalue weighted by atomic mass is 9.86. The number of anilines is 3. The number of pyridine rings is 1. The number of rotatable bonds is 14. The van der Waals surface area contributed by atoms with E-state index in [2.05, 4.69) is 20.3 Å². The number of carboxylic acids is 1. The number of hydrogen-bond donors (Lipinski definition) is 4. The van der Waals surface area contributed by atoms with Gasteiger partial charge in [0.25, 0.3) is 0 Å². The Bertz CT molecular complexity index is 2340. The zero-order valence-corrected chi connectivity index (χ0v) is 31.6. The maximum absolute atomic E-state index is 13.5. The number of urea groups is 1. The van der Waals surface area contributed by atoms with E-state index in [0.29, 0.717) is 46.0 Å². The molecule has 0 fully saturated rings. The summed E-state index contributed by atoms with van der Waals surface area (Å²) in [4.78, 5) is 41.4. The Morgan fingerprint density at radius 1 is 0.796 bits per heavy atom. The van der Waals surface area contributed by atoms with E-state index in [1.54, 1.807) is 60.8 Å². The van der Waals surface area contributed by atoms with Gasteiger partial charge in [-0.25, -0.2) is 13.2 Å². The molecule has 5 aromatic rings. The van der Waals surface area contributed by atoms with E-state index in [1.165, 1.54) is 14.2 Å². The average molecular weight is 755 g/mol. The van der Waals surface area contributed by atoms with Crippen LogP contribution in [-0.4, -0.2) is 56.8 Å². The van der Waals surface area contributed by atoms with Crippen molar-refractivity contribution in [3.63, 3.8) is 0 Å². The smallest absolute Gasteiger partial charge is 0.323 e. The first kappa shape index (κ1) is 39.1. The van der Waals surface area contributed by atoms with Crippen molar-refractivity contribution in [3.8, 4) is 23.0 Å². The van der Waals surface area contributed by atoms with Crippen LogP contribution in [0.15, 0.2) is 85.1 Å². The molecule has 0 unspecified atom stereocenters. The summed E-state index contributed by atoms with van der Waals surface area (Å²) < 4.78 is 44.1. The minimum Gasteiger partial charge on any atom is -0.496 e. The molecule has 0 saturated carbocycles. The Hall–Kier alpha value is -6.15. The van der Waals surface area contributed by atoms with Crippen LogP contribution in [0.1, 0.15) is 60.8 Å². The third-order valence-electron chi connectivity index (χ3n) is 8.37. The summed E-state index contributed by atoms with van der Waals surface area (Å²) in [5.41, 5.74) is 3.23. The number of benzene rings is 4. The van der Waals surface area contributed by atoms with Crippen LogP contribution in [0.25, 0.3) is 10.8 Å². The Kier molecular flexibility index (Phi) is 11.8. The summed E-state index contributed by atoms with van der Waals surface area (Å²) in [7, 11) is -0.796. The topological polar surface area (TPSA) is 182 Å². The van der Waals surface area contributed by atoms with Crippen LogP contribution >= 0.6 is 0 Å². The molecule has 13 nitrogen and oxygen atoms in total. The maximum Gasteiger partial charge on any atom is 0.323 e. The summed E-state index contributed by atoms with van der Waals surface area (Å²) in [6, 6.07) is 22.5. The van der Waals surface area contributed by atoms with Crippen molar-refractivity contribution in [2.45, 2.75) is 45.4 Å². The number of hydrogen-bond acceptors (Lipinski definition) is 9. The first-order valence-electron chi connectivity index (χ1n) is 16.9. The minimum absolute atomic E-state index is 0.125. The van der Waals surface area contributed by atoms with E-state index < -0.39 is 22.0 Å². The van der Waals surface area contributed by atoms with E-state index >= 15 is 0 Å². The molecular weight excluding hydrogens is 713 g/mol. The number of carbonyl (C=O) groups is 3. The van der Waals surface area contributed by atoms with E-state index in [-0.39, 0.29) is 41.2 Å². The predicted molar refractivity (Wildman–Crippen MR) is 208 cm³/mol. The van der Waals surface area contributed by atoms with Crippen LogP contribution in [-0.2, 0) is 26.7 Å². The molecule has 1 aromatic heterocycles. The van der Waals surface area contributed by atoms with Crippen LogP contribution in [0.2, 0.25) is 0 Å². The van der Waals surface area contributed by atoms with Gasteiger partial charge in [-0.2, -0.15) is 0 Å². The third-order valence-corrected chi connectivity index (χ3v) is 8.96. The minimum atomic E-state index is -3.65. The highest BCUT2D eigenvalue weighted by atomic mass is 32.2. The summed E-state index contributed by atoms with van der Waals surface area (Å²) in [5, 5.41) is 16.1. The Balaban J connectivity index is 1.35. The second kappa shape index (κ2) is 16.3. The van der Waals surface area contributed by atoms with Crippen LogP contribution in [0.5, 0.6) is 23.0 Å². The van der Waals surface area contributed by atoms with Gasteiger partial charge in [-0.05, 0) is 59.0 Å². The van der Waals surface area contributed by atoms with E-state index in [0.717, 1.165) is 22.8 Å². The number of sulfonamides is 1. The van der Waals surface area contributed by atoms with Crippen molar-refractivity contribution in [1.29, 1.82) is 0 Å². The van der Waals surface area contributed by atoms with Crippen LogP contribution < -0.4 is 29.6 Å². The number of carboxylic acid groups (broad SMARTS) is 1. The van der Waals surface area contributed by atoms with Gasteiger partial charge in [0, 0.05) is 41.6 Å². The summed E-state index contributed by atoms with van der Waals surface area (Å²) in [5.74, 6) is 0.227. The molecule has 0 bridgehead atoms. The second-order valence-electron chi connectivity index (χ2n) is 13.6. The SMILES string of the molecule is COc1cc(Cc2cc(Oc3ccc(NC(=O)Nc4cc(C(C)(C)C)cc(NS(C)(=O)=O)c4OC)c4ccccc34)ccn2)ccc1C(=O)CCC(=O)O. The Morgan fingerprint density at radius 2 is 1.50 bits per heavy atom. The number of ketones is 1. The molecule has 4 N–H and O–H groups in total. The highest BCUT2D eigenvalue weighted by molar-refractivity contribution is 7.92. The van der Waals surface area contributed by atoms with Gasteiger partial charge in [0.05, 0.1) is 49.5 Å². The Morgan fingerprint density at radius 3 is 2.17 bits per heavy atom. The zero-order chi connectivity index (χ0) is 39.2. The molecule has 5 rings (SSSR count). The average Bonchev–Trinajstić information content (AvgIpc) is 3.10. The number of carbonyl (C=O) groups excluding carboxylic acids is 2. The molecule has 14 heteroatoms. The fourth-order valence-corrected chi connectivity index (χ4v) is 6.33. The molecule has 282 valence electrons. The number of aromatic nitrogens is 1. The molecule has 0 atom stereocenters. The van der Waals surface area contributed by atoms with Crippen LogP contribution in [0, 0.1) is 0 Å². The van der Waals surface area contributed by atoms with Gasteiger partial charge < -0.3 is 30.0 Å². The molecule has 0 radical (unpaired) electrons. The second-order valence-corrected chi connectivity index (χ2v) is 15.3. The molecular formula is C40H42N4O9S. The van der Waals surface area contributed by atoms with Gasteiger partial charge in [0.2, 0.25) is 10.0 Å². The lowest BCUT2D eigenvalue weighted by Gasteiger charge is -2.24. The molecule has 1 heterocycles. The van der Waals surface area contributed by atoms with Crippen molar-refractivity contribution < 1.29 is 42.1 Å².